The van der Waals surface area contributed by atoms with Gasteiger partial charge < -0.3 is 9.80 Å². The van der Waals surface area contributed by atoms with Crippen LogP contribution >= 0.6 is 0 Å². The number of amides is 1. The van der Waals surface area contributed by atoms with E-state index in [0.717, 1.165) is 11.8 Å². The van der Waals surface area contributed by atoms with Crippen molar-refractivity contribution in [2.75, 3.05) is 24.5 Å². The Morgan fingerprint density at radius 3 is 2.74 bits per heavy atom. The van der Waals surface area contributed by atoms with Gasteiger partial charge in [-0.05, 0) is 19.1 Å². The summed E-state index contributed by atoms with van der Waals surface area (Å²) in [6, 6.07) is 5.18. The van der Waals surface area contributed by atoms with Crippen LogP contribution in [0.5, 0.6) is 0 Å². The fourth-order valence-electron chi connectivity index (χ4n) is 2.49. The number of piperazine rings is 1. The van der Waals surface area contributed by atoms with Crippen LogP contribution in [-0.4, -0.2) is 40.4 Å². The second-order valence-corrected chi connectivity index (χ2v) is 5.47. The van der Waals surface area contributed by atoms with Gasteiger partial charge in [-0.25, -0.2) is 18.7 Å². The highest BCUT2D eigenvalue weighted by molar-refractivity contribution is 5.82. The van der Waals surface area contributed by atoms with Crippen LogP contribution in [0.1, 0.15) is 11.3 Å². The molecule has 0 unspecified atom stereocenters. The Balaban J connectivity index is 1.68. The lowest BCUT2D eigenvalue weighted by molar-refractivity contribution is -0.131. The molecule has 0 radical (unpaired) electrons. The third-order valence-corrected chi connectivity index (χ3v) is 3.76. The van der Waals surface area contributed by atoms with Gasteiger partial charge in [-0.15, -0.1) is 0 Å². The number of halogens is 2. The van der Waals surface area contributed by atoms with E-state index in [0.29, 0.717) is 24.6 Å². The Kier molecular flexibility index (Phi) is 4.18. The molecule has 1 aliphatic rings. The second-order valence-electron chi connectivity index (χ2n) is 5.47. The van der Waals surface area contributed by atoms with Gasteiger partial charge in [-0.1, -0.05) is 6.07 Å². The summed E-state index contributed by atoms with van der Waals surface area (Å²) in [5.74, 6) is -0.878. The lowest BCUT2D eigenvalue weighted by Crippen LogP contribution is -2.50. The Hall–Kier alpha value is -2.57. The minimum atomic E-state index is -0.637. The number of rotatable bonds is 3. The maximum atomic E-state index is 13.7. The van der Waals surface area contributed by atoms with Crippen molar-refractivity contribution in [1.29, 1.82) is 0 Å². The minimum absolute atomic E-state index is 0.132. The first-order chi connectivity index (χ1) is 11.0. The van der Waals surface area contributed by atoms with Gasteiger partial charge in [0.1, 0.15) is 18.2 Å². The van der Waals surface area contributed by atoms with Crippen molar-refractivity contribution < 1.29 is 13.6 Å². The van der Waals surface area contributed by atoms with Gasteiger partial charge >= 0.3 is 0 Å². The third kappa shape index (κ3) is 3.44. The molecule has 1 aromatic carbocycles. The Morgan fingerprint density at radius 2 is 2.04 bits per heavy atom. The van der Waals surface area contributed by atoms with Crippen LogP contribution in [0, 0.1) is 18.6 Å². The van der Waals surface area contributed by atoms with Gasteiger partial charge in [-0.3, -0.25) is 4.79 Å². The molecule has 0 bridgehead atoms. The summed E-state index contributed by atoms with van der Waals surface area (Å²) in [5, 5.41) is 0. The van der Waals surface area contributed by atoms with Crippen LogP contribution < -0.4 is 4.90 Å². The van der Waals surface area contributed by atoms with Crippen LogP contribution in [0.2, 0.25) is 0 Å². The van der Waals surface area contributed by atoms with E-state index in [-0.39, 0.29) is 19.0 Å². The number of carbonyl (C=O) groups excluding carboxylic acids is 1. The third-order valence-electron chi connectivity index (χ3n) is 3.76. The van der Waals surface area contributed by atoms with Crippen LogP contribution in [0.4, 0.5) is 14.7 Å². The molecule has 5 nitrogen and oxygen atoms in total. The fraction of sp³-hybridized carbons (Fsp3) is 0.312. The Morgan fingerprint density at radius 1 is 1.22 bits per heavy atom. The van der Waals surface area contributed by atoms with Gasteiger partial charge in [0.05, 0.1) is 0 Å². The van der Waals surface area contributed by atoms with Gasteiger partial charge in [0.2, 0.25) is 11.9 Å². The molecule has 23 heavy (non-hydrogen) atoms. The molecule has 1 aromatic heterocycles. The first kappa shape index (κ1) is 15.3. The summed E-state index contributed by atoms with van der Waals surface area (Å²) in [6.45, 7) is 3.14. The Labute approximate surface area is 132 Å². The molecule has 2 heterocycles. The lowest BCUT2D eigenvalue weighted by Gasteiger charge is -2.34. The average Bonchev–Trinajstić information content (AvgIpc) is 2.51. The van der Waals surface area contributed by atoms with Crippen LogP contribution in [0.25, 0.3) is 0 Å². The number of nitrogens with zero attached hydrogens (tertiary/aromatic N) is 4. The standard InChI is InChI=1S/C16H16F2N4O/c1-11-4-5-19-16(20-11)22-7-6-21(15(23)10-22)9-12-2-3-13(17)8-14(12)18/h2-5,8H,6-7,9-10H2,1H3. The molecule has 120 valence electrons. The van der Waals surface area contributed by atoms with E-state index < -0.39 is 11.6 Å². The van der Waals surface area contributed by atoms with Crippen molar-refractivity contribution >= 4 is 11.9 Å². The van der Waals surface area contributed by atoms with Gasteiger partial charge in [0.25, 0.3) is 0 Å². The first-order valence-corrected chi connectivity index (χ1v) is 7.29. The van der Waals surface area contributed by atoms with Crippen molar-refractivity contribution in [2.24, 2.45) is 0 Å². The second kappa shape index (κ2) is 6.28. The zero-order chi connectivity index (χ0) is 16.4. The molecule has 0 N–H and O–H groups in total. The fourth-order valence-corrected chi connectivity index (χ4v) is 2.49. The molecule has 0 spiro atoms. The van der Waals surface area contributed by atoms with Crippen molar-refractivity contribution in [2.45, 2.75) is 13.5 Å². The quantitative estimate of drug-likeness (QED) is 0.867. The SMILES string of the molecule is Cc1ccnc(N2CCN(Cc3ccc(F)cc3F)C(=O)C2)n1. The normalized spacial score (nSPS) is 15.2. The average molecular weight is 318 g/mol. The number of carbonyl (C=O) groups is 1. The predicted octanol–water partition coefficient (Wildman–Crippen LogP) is 1.91. The van der Waals surface area contributed by atoms with E-state index in [2.05, 4.69) is 9.97 Å². The minimum Gasteiger partial charge on any atom is -0.335 e. The zero-order valence-corrected chi connectivity index (χ0v) is 12.7. The number of benzene rings is 1. The van der Waals surface area contributed by atoms with E-state index >= 15 is 0 Å². The monoisotopic (exact) mass is 318 g/mol. The molecule has 3 rings (SSSR count). The van der Waals surface area contributed by atoms with E-state index in [9.17, 15) is 13.6 Å². The molecule has 0 atom stereocenters. The maximum absolute atomic E-state index is 13.7. The van der Waals surface area contributed by atoms with Crippen molar-refractivity contribution in [3.8, 4) is 0 Å². The Bertz CT molecular complexity index is 738. The molecular weight excluding hydrogens is 302 g/mol. The van der Waals surface area contributed by atoms with Crippen LogP contribution in [0.15, 0.2) is 30.5 Å². The number of aromatic nitrogens is 2. The topological polar surface area (TPSA) is 49.3 Å². The number of hydrogen-bond donors (Lipinski definition) is 0. The van der Waals surface area contributed by atoms with Crippen LogP contribution in [0.3, 0.4) is 0 Å². The molecular formula is C16H16F2N4O. The van der Waals surface area contributed by atoms with E-state index in [4.69, 9.17) is 0 Å². The zero-order valence-electron chi connectivity index (χ0n) is 12.7. The van der Waals surface area contributed by atoms with E-state index in [1.165, 1.54) is 12.1 Å². The summed E-state index contributed by atoms with van der Waals surface area (Å²) < 4.78 is 26.6. The smallest absolute Gasteiger partial charge is 0.242 e. The lowest BCUT2D eigenvalue weighted by atomic mass is 10.1. The summed E-state index contributed by atoms with van der Waals surface area (Å²) in [4.78, 5) is 24.1. The summed E-state index contributed by atoms with van der Waals surface area (Å²) in [5.41, 5.74) is 1.14. The molecule has 1 fully saturated rings. The van der Waals surface area contributed by atoms with Crippen molar-refractivity contribution in [3.63, 3.8) is 0 Å². The molecule has 7 heteroatoms. The number of aryl methyl sites for hydroxylation is 1. The number of hydrogen-bond acceptors (Lipinski definition) is 4. The molecule has 1 saturated heterocycles. The molecule has 1 aliphatic heterocycles. The summed E-state index contributed by atoms with van der Waals surface area (Å²) >= 11 is 0. The molecule has 2 aromatic rings. The summed E-state index contributed by atoms with van der Waals surface area (Å²) in [6.07, 6.45) is 1.66. The molecule has 0 saturated carbocycles. The van der Waals surface area contributed by atoms with E-state index in [1.54, 1.807) is 22.1 Å². The number of anilines is 1. The van der Waals surface area contributed by atoms with Gasteiger partial charge in [0, 0.05) is 43.2 Å². The summed E-state index contributed by atoms with van der Waals surface area (Å²) in [7, 11) is 0. The van der Waals surface area contributed by atoms with Gasteiger partial charge in [-0.2, -0.15) is 0 Å². The predicted molar refractivity (Wildman–Crippen MR) is 80.8 cm³/mol. The first-order valence-electron chi connectivity index (χ1n) is 7.29. The van der Waals surface area contributed by atoms with Gasteiger partial charge in [0.15, 0.2) is 0 Å². The highest BCUT2D eigenvalue weighted by atomic mass is 19.1. The molecule has 1 amide bonds. The highest BCUT2D eigenvalue weighted by Gasteiger charge is 2.26. The van der Waals surface area contributed by atoms with Crippen molar-refractivity contribution in [1.82, 2.24) is 14.9 Å². The molecule has 0 aliphatic carbocycles. The van der Waals surface area contributed by atoms with Crippen LogP contribution in [-0.2, 0) is 11.3 Å². The largest absolute Gasteiger partial charge is 0.335 e. The highest BCUT2D eigenvalue weighted by Crippen LogP contribution is 2.16. The van der Waals surface area contributed by atoms with E-state index in [1.807, 2.05) is 6.92 Å². The van der Waals surface area contributed by atoms with Crippen molar-refractivity contribution in [3.05, 3.63) is 53.4 Å². The maximum Gasteiger partial charge on any atom is 0.242 e.